The van der Waals surface area contributed by atoms with E-state index in [9.17, 15) is 4.79 Å². The van der Waals surface area contributed by atoms with Crippen LogP contribution >= 0.6 is 0 Å². The molecule has 21 heavy (non-hydrogen) atoms. The number of carbonyl (C=O) groups is 1. The van der Waals surface area contributed by atoms with Crippen LogP contribution in [0.25, 0.3) is 0 Å². The van der Waals surface area contributed by atoms with E-state index in [-0.39, 0.29) is 5.97 Å². The topological polar surface area (TPSA) is 68.5 Å². The molecule has 1 fully saturated rings. The minimum Gasteiger partial charge on any atom is -0.465 e. The molecule has 0 atom stereocenters. The number of rotatable bonds is 6. The van der Waals surface area contributed by atoms with Gasteiger partial charge in [-0.2, -0.15) is 4.98 Å². The highest BCUT2D eigenvalue weighted by Gasteiger charge is 2.47. The normalized spacial score (nSPS) is 17.5. The summed E-state index contributed by atoms with van der Waals surface area (Å²) in [4.78, 5) is 19.0. The summed E-state index contributed by atoms with van der Waals surface area (Å²) in [6.45, 7) is 7.90. The van der Waals surface area contributed by atoms with Gasteiger partial charge >= 0.3 is 5.97 Å². The summed E-state index contributed by atoms with van der Waals surface area (Å²) in [5.74, 6) is 0.756. The molecule has 0 unspecified atom stereocenters. The molecular weight excluding hydrogens is 270 g/mol. The maximum atomic E-state index is 12.5. The van der Waals surface area contributed by atoms with E-state index in [1.54, 1.807) is 0 Å². The SMILES string of the molecule is CCOC(=O)C1(c2nc(N(CC)CC)no2)CCCCC1. The predicted octanol–water partition coefficient (Wildman–Crippen LogP) is 2.68. The van der Waals surface area contributed by atoms with E-state index in [2.05, 4.69) is 10.1 Å². The summed E-state index contributed by atoms with van der Waals surface area (Å²) >= 11 is 0. The molecule has 1 heterocycles. The Labute approximate surface area is 125 Å². The van der Waals surface area contributed by atoms with Gasteiger partial charge in [0.2, 0.25) is 5.89 Å². The fraction of sp³-hybridized carbons (Fsp3) is 0.800. The first kappa shape index (κ1) is 15.8. The Morgan fingerprint density at radius 2 is 1.90 bits per heavy atom. The predicted molar refractivity (Wildman–Crippen MR) is 79.3 cm³/mol. The molecule has 1 aliphatic carbocycles. The number of hydrogen-bond acceptors (Lipinski definition) is 6. The lowest BCUT2D eigenvalue weighted by atomic mass is 9.74. The van der Waals surface area contributed by atoms with Crippen LogP contribution in [0.5, 0.6) is 0 Å². The third kappa shape index (κ3) is 3.04. The molecule has 0 aliphatic heterocycles. The van der Waals surface area contributed by atoms with Crippen molar-refractivity contribution >= 4 is 11.9 Å². The van der Waals surface area contributed by atoms with Gasteiger partial charge in [0.1, 0.15) is 5.41 Å². The first-order valence-corrected chi connectivity index (χ1v) is 7.94. The number of hydrogen-bond donors (Lipinski definition) is 0. The molecular formula is C15H25N3O3. The van der Waals surface area contributed by atoms with Crippen LogP contribution in [0.3, 0.4) is 0 Å². The van der Waals surface area contributed by atoms with Gasteiger partial charge in [-0.25, -0.2) is 0 Å². The van der Waals surface area contributed by atoms with Gasteiger partial charge in [-0.05, 0) is 38.8 Å². The molecule has 0 N–H and O–H groups in total. The Hall–Kier alpha value is -1.59. The quantitative estimate of drug-likeness (QED) is 0.752. The standard InChI is InChI=1S/C15H25N3O3/c1-4-18(5-2)14-16-12(21-17-14)15(13(19)20-6-3)10-8-7-9-11-15/h4-11H2,1-3H3. The first-order chi connectivity index (χ1) is 10.2. The average molecular weight is 295 g/mol. The Kier molecular flexibility index (Phi) is 5.20. The van der Waals surface area contributed by atoms with Gasteiger partial charge in [-0.15, -0.1) is 0 Å². The Bertz CT molecular complexity index is 462. The maximum Gasteiger partial charge on any atom is 0.321 e. The fourth-order valence-corrected chi connectivity index (χ4v) is 2.97. The molecule has 0 aromatic carbocycles. The zero-order valence-electron chi connectivity index (χ0n) is 13.2. The maximum absolute atomic E-state index is 12.5. The average Bonchev–Trinajstić information content (AvgIpc) is 3.00. The van der Waals surface area contributed by atoms with Gasteiger partial charge < -0.3 is 14.2 Å². The molecule has 1 aromatic heterocycles. The molecule has 0 radical (unpaired) electrons. The van der Waals surface area contributed by atoms with Gasteiger partial charge in [-0.3, -0.25) is 4.79 Å². The second-order valence-electron chi connectivity index (χ2n) is 5.44. The van der Waals surface area contributed by atoms with Crippen molar-refractivity contribution < 1.29 is 14.1 Å². The summed E-state index contributed by atoms with van der Waals surface area (Å²) in [6.07, 6.45) is 4.57. The highest BCUT2D eigenvalue weighted by molar-refractivity contribution is 5.82. The molecule has 0 bridgehead atoms. The van der Waals surface area contributed by atoms with E-state index in [4.69, 9.17) is 9.26 Å². The molecule has 0 amide bonds. The van der Waals surface area contributed by atoms with Crippen LogP contribution < -0.4 is 4.90 Å². The molecule has 1 aromatic rings. The van der Waals surface area contributed by atoms with Crippen molar-refractivity contribution in [2.75, 3.05) is 24.6 Å². The van der Waals surface area contributed by atoms with Crippen molar-refractivity contribution in [2.24, 2.45) is 0 Å². The number of anilines is 1. The number of ether oxygens (including phenoxy) is 1. The molecule has 0 saturated heterocycles. The largest absolute Gasteiger partial charge is 0.465 e. The number of nitrogens with zero attached hydrogens (tertiary/aromatic N) is 3. The van der Waals surface area contributed by atoms with Gasteiger partial charge in [0.05, 0.1) is 6.61 Å². The lowest BCUT2D eigenvalue weighted by Crippen LogP contribution is -2.40. The van der Waals surface area contributed by atoms with Crippen LogP contribution in [-0.4, -0.2) is 35.8 Å². The van der Waals surface area contributed by atoms with Crippen molar-refractivity contribution in [2.45, 2.75) is 58.3 Å². The molecule has 6 nitrogen and oxygen atoms in total. The third-order valence-electron chi connectivity index (χ3n) is 4.24. The zero-order valence-corrected chi connectivity index (χ0v) is 13.2. The Morgan fingerprint density at radius 3 is 2.48 bits per heavy atom. The van der Waals surface area contributed by atoms with Gasteiger partial charge in [0.25, 0.3) is 5.95 Å². The molecule has 1 aliphatic rings. The molecule has 1 saturated carbocycles. The number of carbonyl (C=O) groups excluding carboxylic acids is 1. The zero-order chi connectivity index (χ0) is 15.3. The van der Waals surface area contributed by atoms with Crippen LogP contribution in [0, 0.1) is 0 Å². The smallest absolute Gasteiger partial charge is 0.321 e. The van der Waals surface area contributed by atoms with Gasteiger partial charge in [-0.1, -0.05) is 19.3 Å². The first-order valence-electron chi connectivity index (χ1n) is 7.94. The lowest BCUT2D eigenvalue weighted by molar-refractivity contribution is -0.152. The summed E-state index contributed by atoms with van der Waals surface area (Å²) < 4.78 is 10.7. The molecule has 6 heteroatoms. The van der Waals surface area contributed by atoms with E-state index < -0.39 is 5.41 Å². The van der Waals surface area contributed by atoms with E-state index >= 15 is 0 Å². The van der Waals surface area contributed by atoms with Gasteiger partial charge in [0, 0.05) is 13.1 Å². The summed E-state index contributed by atoms with van der Waals surface area (Å²) in [5, 5.41) is 4.05. The Balaban J connectivity index is 2.31. The highest BCUT2D eigenvalue weighted by atomic mass is 16.5. The lowest BCUT2D eigenvalue weighted by Gasteiger charge is -2.31. The minimum absolute atomic E-state index is 0.223. The second-order valence-corrected chi connectivity index (χ2v) is 5.44. The summed E-state index contributed by atoms with van der Waals surface area (Å²) in [7, 11) is 0. The van der Waals surface area contributed by atoms with E-state index in [0.29, 0.717) is 18.4 Å². The van der Waals surface area contributed by atoms with E-state index in [1.807, 2.05) is 25.7 Å². The van der Waals surface area contributed by atoms with Crippen molar-refractivity contribution in [1.82, 2.24) is 10.1 Å². The minimum atomic E-state index is -0.743. The number of esters is 1. The van der Waals surface area contributed by atoms with E-state index in [0.717, 1.165) is 45.2 Å². The highest BCUT2D eigenvalue weighted by Crippen LogP contribution is 2.40. The number of aromatic nitrogens is 2. The summed E-state index contributed by atoms with van der Waals surface area (Å²) in [6, 6.07) is 0. The van der Waals surface area contributed by atoms with Gasteiger partial charge in [0.15, 0.2) is 0 Å². The fourth-order valence-electron chi connectivity index (χ4n) is 2.97. The molecule has 118 valence electrons. The van der Waals surface area contributed by atoms with Crippen LogP contribution in [0.1, 0.15) is 58.8 Å². The van der Waals surface area contributed by atoms with Crippen molar-refractivity contribution in [1.29, 1.82) is 0 Å². The third-order valence-corrected chi connectivity index (χ3v) is 4.24. The van der Waals surface area contributed by atoms with Crippen LogP contribution in [0.2, 0.25) is 0 Å². The molecule has 0 spiro atoms. The molecule has 2 rings (SSSR count). The second kappa shape index (κ2) is 6.91. The Morgan fingerprint density at radius 1 is 1.24 bits per heavy atom. The van der Waals surface area contributed by atoms with E-state index in [1.165, 1.54) is 0 Å². The van der Waals surface area contributed by atoms with Crippen LogP contribution in [0.15, 0.2) is 4.52 Å². The van der Waals surface area contributed by atoms with Crippen molar-refractivity contribution in [3.8, 4) is 0 Å². The summed E-state index contributed by atoms with van der Waals surface area (Å²) in [5.41, 5.74) is -0.743. The van der Waals surface area contributed by atoms with Crippen molar-refractivity contribution in [3.63, 3.8) is 0 Å². The monoisotopic (exact) mass is 295 g/mol. The van der Waals surface area contributed by atoms with Crippen LogP contribution in [0.4, 0.5) is 5.95 Å². The van der Waals surface area contributed by atoms with Crippen LogP contribution in [-0.2, 0) is 14.9 Å². The van der Waals surface area contributed by atoms with Crippen molar-refractivity contribution in [3.05, 3.63) is 5.89 Å².